The number of hydrogen-bond donors (Lipinski definition) is 0. The predicted octanol–water partition coefficient (Wildman–Crippen LogP) is 3.23. The summed E-state index contributed by atoms with van der Waals surface area (Å²) in [6, 6.07) is 6.36. The zero-order valence-electron chi connectivity index (χ0n) is 10.3. The second-order valence-electron chi connectivity index (χ2n) is 6.28. The van der Waals surface area contributed by atoms with Crippen LogP contribution < -0.4 is 0 Å². The highest BCUT2D eigenvalue weighted by molar-refractivity contribution is 5.86. The topological polar surface area (TPSA) is 17.1 Å². The molecular formula is C16H17FO. The van der Waals surface area contributed by atoms with E-state index in [1.807, 2.05) is 0 Å². The van der Waals surface area contributed by atoms with Crippen LogP contribution in [-0.2, 0) is 11.2 Å². The van der Waals surface area contributed by atoms with Gasteiger partial charge in [0.1, 0.15) is 11.6 Å². The third-order valence-corrected chi connectivity index (χ3v) is 5.40. The Morgan fingerprint density at radius 3 is 2.33 bits per heavy atom. The van der Waals surface area contributed by atoms with E-state index < -0.39 is 0 Å². The first-order chi connectivity index (χ1) is 8.74. The first-order valence-electron chi connectivity index (χ1n) is 7.01. The maximum atomic E-state index is 12.8. The van der Waals surface area contributed by atoms with E-state index in [0.717, 1.165) is 29.2 Å². The molecule has 4 unspecified atom stereocenters. The SMILES string of the molecule is O=C(Cc1ccc(F)cc1)C1C2C3CCC(C3)C12. The lowest BCUT2D eigenvalue weighted by molar-refractivity contribution is -0.120. The van der Waals surface area contributed by atoms with Crippen LogP contribution in [0.3, 0.4) is 0 Å². The van der Waals surface area contributed by atoms with Gasteiger partial charge in [-0.2, -0.15) is 0 Å². The van der Waals surface area contributed by atoms with Crippen molar-refractivity contribution in [2.45, 2.75) is 25.7 Å². The van der Waals surface area contributed by atoms with E-state index in [2.05, 4.69) is 0 Å². The molecule has 1 aromatic rings. The zero-order chi connectivity index (χ0) is 12.3. The minimum absolute atomic E-state index is 0.229. The summed E-state index contributed by atoms with van der Waals surface area (Å²) in [5.41, 5.74) is 0.957. The maximum Gasteiger partial charge on any atom is 0.140 e. The molecule has 2 bridgehead atoms. The third-order valence-electron chi connectivity index (χ3n) is 5.40. The number of hydrogen-bond acceptors (Lipinski definition) is 1. The molecule has 2 heteroatoms. The van der Waals surface area contributed by atoms with E-state index >= 15 is 0 Å². The second kappa shape index (κ2) is 3.66. The van der Waals surface area contributed by atoms with Crippen molar-refractivity contribution in [1.29, 1.82) is 0 Å². The summed E-state index contributed by atoms with van der Waals surface area (Å²) in [5.74, 6) is 3.65. The van der Waals surface area contributed by atoms with Gasteiger partial charge in [-0.25, -0.2) is 4.39 Å². The van der Waals surface area contributed by atoms with Gasteiger partial charge in [0.2, 0.25) is 0 Å². The predicted molar refractivity (Wildman–Crippen MR) is 66.4 cm³/mol. The van der Waals surface area contributed by atoms with Crippen LogP contribution in [0.15, 0.2) is 24.3 Å². The molecule has 0 saturated heterocycles. The number of halogens is 1. The van der Waals surface area contributed by atoms with Gasteiger partial charge in [0.25, 0.3) is 0 Å². The number of carbonyl (C=O) groups is 1. The molecular weight excluding hydrogens is 227 g/mol. The van der Waals surface area contributed by atoms with E-state index in [1.165, 1.54) is 31.4 Å². The Morgan fingerprint density at radius 2 is 1.72 bits per heavy atom. The third kappa shape index (κ3) is 1.47. The van der Waals surface area contributed by atoms with Crippen molar-refractivity contribution in [2.24, 2.45) is 29.6 Å². The Balaban J connectivity index is 1.45. The Bertz CT molecular complexity index is 476. The fraction of sp³-hybridized carbons (Fsp3) is 0.562. The van der Waals surface area contributed by atoms with Gasteiger partial charge < -0.3 is 0 Å². The summed E-state index contributed by atoms with van der Waals surface area (Å²) < 4.78 is 12.8. The van der Waals surface area contributed by atoms with Crippen LogP contribution in [0.2, 0.25) is 0 Å². The first kappa shape index (κ1) is 10.7. The lowest BCUT2D eigenvalue weighted by Crippen LogP contribution is -2.12. The molecule has 0 amide bonds. The Kier molecular flexibility index (Phi) is 2.18. The maximum absolute atomic E-state index is 12.8. The van der Waals surface area contributed by atoms with Crippen LogP contribution in [0.5, 0.6) is 0 Å². The van der Waals surface area contributed by atoms with Crippen LogP contribution in [-0.4, -0.2) is 5.78 Å². The number of benzene rings is 1. The van der Waals surface area contributed by atoms with E-state index in [1.54, 1.807) is 12.1 Å². The number of ketones is 1. The summed E-state index contributed by atoms with van der Waals surface area (Å²) in [5, 5.41) is 0. The van der Waals surface area contributed by atoms with Crippen LogP contribution in [0.4, 0.5) is 4.39 Å². The van der Waals surface area contributed by atoms with Gasteiger partial charge in [-0.1, -0.05) is 12.1 Å². The fourth-order valence-electron chi connectivity index (χ4n) is 4.68. The lowest BCUT2D eigenvalue weighted by atomic mass is 9.96. The van der Waals surface area contributed by atoms with Crippen molar-refractivity contribution >= 4 is 5.78 Å². The van der Waals surface area contributed by atoms with Gasteiger partial charge in [0, 0.05) is 12.3 Å². The van der Waals surface area contributed by atoms with Gasteiger partial charge in [0.05, 0.1) is 0 Å². The molecule has 3 aliphatic rings. The first-order valence-corrected chi connectivity index (χ1v) is 7.01. The van der Waals surface area contributed by atoms with Crippen LogP contribution >= 0.6 is 0 Å². The van der Waals surface area contributed by atoms with Gasteiger partial charge in [-0.05, 0) is 60.6 Å². The number of rotatable bonds is 3. The molecule has 0 aliphatic heterocycles. The molecule has 4 rings (SSSR count). The highest BCUT2D eigenvalue weighted by Gasteiger charge is 2.66. The molecule has 0 N–H and O–H groups in total. The molecule has 0 aromatic heterocycles. The van der Waals surface area contributed by atoms with Crippen molar-refractivity contribution in [3.05, 3.63) is 35.6 Å². The Labute approximate surface area is 106 Å². The summed E-state index contributed by atoms with van der Waals surface area (Å²) in [7, 11) is 0. The Morgan fingerprint density at radius 1 is 1.11 bits per heavy atom. The summed E-state index contributed by atoms with van der Waals surface area (Å²) in [6.07, 6.45) is 4.59. The summed E-state index contributed by atoms with van der Waals surface area (Å²) >= 11 is 0. The second-order valence-corrected chi connectivity index (χ2v) is 6.28. The molecule has 0 radical (unpaired) electrons. The fourth-order valence-corrected chi connectivity index (χ4v) is 4.68. The van der Waals surface area contributed by atoms with Crippen LogP contribution in [0, 0.1) is 35.4 Å². The van der Waals surface area contributed by atoms with Gasteiger partial charge in [-0.3, -0.25) is 4.79 Å². The molecule has 3 aliphatic carbocycles. The van der Waals surface area contributed by atoms with Gasteiger partial charge in [0.15, 0.2) is 0 Å². The van der Waals surface area contributed by atoms with E-state index in [9.17, 15) is 9.18 Å². The molecule has 0 heterocycles. The highest BCUT2D eigenvalue weighted by atomic mass is 19.1. The molecule has 4 atom stereocenters. The smallest absolute Gasteiger partial charge is 0.140 e. The van der Waals surface area contributed by atoms with Crippen LogP contribution in [0.25, 0.3) is 0 Å². The normalized spacial score (nSPS) is 39.7. The van der Waals surface area contributed by atoms with Crippen molar-refractivity contribution in [1.82, 2.24) is 0 Å². The average Bonchev–Trinajstić information content (AvgIpc) is 2.82. The molecule has 94 valence electrons. The standard InChI is InChI=1S/C16H17FO/c17-12-5-1-9(2-6-12)7-13(18)16-14-10-3-4-11(8-10)15(14)16/h1-2,5-6,10-11,14-16H,3-4,7-8H2. The lowest BCUT2D eigenvalue weighted by Gasteiger charge is -2.07. The molecule has 3 fully saturated rings. The summed E-state index contributed by atoms with van der Waals surface area (Å²) in [6.45, 7) is 0. The van der Waals surface area contributed by atoms with Gasteiger partial charge >= 0.3 is 0 Å². The highest BCUT2D eigenvalue weighted by Crippen LogP contribution is 2.69. The number of carbonyl (C=O) groups excluding carboxylic acids is 1. The van der Waals surface area contributed by atoms with Crippen molar-refractivity contribution in [3.63, 3.8) is 0 Å². The molecule has 3 saturated carbocycles. The zero-order valence-corrected chi connectivity index (χ0v) is 10.3. The minimum atomic E-state index is -0.229. The molecule has 18 heavy (non-hydrogen) atoms. The monoisotopic (exact) mass is 244 g/mol. The van der Waals surface area contributed by atoms with Crippen molar-refractivity contribution < 1.29 is 9.18 Å². The van der Waals surface area contributed by atoms with E-state index in [-0.39, 0.29) is 5.82 Å². The molecule has 1 nitrogen and oxygen atoms in total. The average molecular weight is 244 g/mol. The summed E-state index contributed by atoms with van der Waals surface area (Å²) in [4.78, 5) is 12.3. The van der Waals surface area contributed by atoms with Crippen LogP contribution in [0.1, 0.15) is 24.8 Å². The number of fused-ring (bicyclic) bond motifs is 5. The van der Waals surface area contributed by atoms with E-state index in [0.29, 0.717) is 18.1 Å². The number of Topliss-reactive ketones (excluding diaryl/α,β-unsaturated/α-hetero) is 1. The van der Waals surface area contributed by atoms with Crippen molar-refractivity contribution in [2.75, 3.05) is 0 Å². The minimum Gasteiger partial charge on any atom is -0.299 e. The molecule has 1 aromatic carbocycles. The molecule has 0 spiro atoms. The largest absolute Gasteiger partial charge is 0.299 e. The van der Waals surface area contributed by atoms with E-state index in [4.69, 9.17) is 0 Å². The Hall–Kier alpha value is -1.18. The van der Waals surface area contributed by atoms with Gasteiger partial charge in [-0.15, -0.1) is 0 Å². The quantitative estimate of drug-likeness (QED) is 0.797. The van der Waals surface area contributed by atoms with Crippen molar-refractivity contribution in [3.8, 4) is 0 Å².